The Morgan fingerprint density at radius 2 is 2.00 bits per heavy atom. The first-order valence-corrected chi connectivity index (χ1v) is 6.21. The Kier molecular flexibility index (Phi) is 4.16. The Balaban J connectivity index is 2.30. The molecule has 19 heavy (non-hydrogen) atoms. The number of carboxylic acid groups (broad SMARTS) is 1. The van der Waals surface area contributed by atoms with Gasteiger partial charge in [-0.1, -0.05) is 12.1 Å². The van der Waals surface area contributed by atoms with Crippen molar-refractivity contribution in [1.82, 2.24) is 4.90 Å². The number of nitrogens with zero attached hydrogens (tertiary/aromatic N) is 2. The van der Waals surface area contributed by atoms with Gasteiger partial charge in [0.05, 0.1) is 5.69 Å². The summed E-state index contributed by atoms with van der Waals surface area (Å²) in [6, 6.07) is 4.73. The number of anilines is 1. The van der Waals surface area contributed by atoms with E-state index in [0.717, 1.165) is 32.3 Å². The van der Waals surface area contributed by atoms with Crippen LogP contribution < -0.4 is 4.90 Å². The Morgan fingerprint density at radius 1 is 1.32 bits per heavy atom. The van der Waals surface area contributed by atoms with E-state index in [2.05, 4.69) is 4.90 Å². The van der Waals surface area contributed by atoms with Gasteiger partial charge in [-0.2, -0.15) is 0 Å². The van der Waals surface area contributed by atoms with E-state index in [4.69, 9.17) is 5.11 Å². The summed E-state index contributed by atoms with van der Waals surface area (Å²) < 4.78 is 14.0. The quantitative estimate of drug-likeness (QED) is 0.844. The number of benzene rings is 1. The predicted octanol–water partition coefficient (Wildman–Crippen LogP) is 1.68. The van der Waals surface area contributed by atoms with Crippen LogP contribution in [-0.2, 0) is 4.79 Å². The minimum absolute atomic E-state index is 0.308. The first kappa shape index (κ1) is 13.5. The molecular weight excluding hydrogens is 247 g/mol. The number of para-hydroxylation sites is 1. The number of likely N-dealkylation sites (N-methyl/N-ethyl adjacent to an activating group) is 1. The van der Waals surface area contributed by atoms with E-state index >= 15 is 0 Å². The number of carboxylic acids is 1. The smallest absolute Gasteiger partial charge is 0.328 e. The molecule has 1 saturated heterocycles. The van der Waals surface area contributed by atoms with Crippen molar-refractivity contribution >= 4 is 17.7 Å². The van der Waals surface area contributed by atoms with E-state index in [0.29, 0.717) is 11.3 Å². The lowest BCUT2D eigenvalue weighted by atomic mass is 10.1. The van der Waals surface area contributed by atoms with Crippen molar-refractivity contribution in [2.45, 2.75) is 0 Å². The third-order valence-electron chi connectivity index (χ3n) is 3.24. The molecule has 0 spiro atoms. The molecule has 0 aliphatic carbocycles. The van der Waals surface area contributed by atoms with E-state index in [1.54, 1.807) is 12.1 Å². The fourth-order valence-corrected chi connectivity index (χ4v) is 2.19. The summed E-state index contributed by atoms with van der Waals surface area (Å²) in [5.74, 6) is -1.34. The number of hydrogen-bond acceptors (Lipinski definition) is 3. The van der Waals surface area contributed by atoms with Crippen molar-refractivity contribution in [3.8, 4) is 0 Å². The summed E-state index contributed by atoms with van der Waals surface area (Å²) in [4.78, 5) is 14.7. The lowest BCUT2D eigenvalue weighted by Crippen LogP contribution is -2.45. The number of hydrogen-bond donors (Lipinski definition) is 1. The highest BCUT2D eigenvalue weighted by Crippen LogP contribution is 2.26. The van der Waals surface area contributed by atoms with E-state index < -0.39 is 5.97 Å². The van der Waals surface area contributed by atoms with Crippen LogP contribution in [0, 0.1) is 5.82 Å². The van der Waals surface area contributed by atoms with Gasteiger partial charge in [-0.05, 0) is 19.2 Å². The van der Waals surface area contributed by atoms with Gasteiger partial charge in [-0.25, -0.2) is 9.18 Å². The summed E-state index contributed by atoms with van der Waals surface area (Å²) in [7, 11) is 2.03. The Bertz CT molecular complexity index is 494. The van der Waals surface area contributed by atoms with Crippen LogP contribution >= 0.6 is 0 Å². The first-order chi connectivity index (χ1) is 9.08. The predicted molar refractivity (Wildman–Crippen MR) is 72.8 cm³/mol. The maximum Gasteiger partial charge on any atom is 0.328 e. The molecule has 2 rings (SSSR count). The van der Waals surface area contributed by atoms with Crippen molar-refractivity contribution in [1.29, 1.82) is 0 Å². The third kappa shape index (κ3) is 3.32. The summed E-state index contributed by atoms with van der Waals surface area (Å²) in [6.45, 7) is 3.23. The van der Waals surface area contributed by atoms with Crippen molar-refractivity contribution in [3.63, 3.8) is 0 Å². The average Bonchev–Trinajstić information content (AvgIpc) is 2.38. The molecule has 5 heteroatoms. The number of rotatable bonds is 3. The van der Waals surface area contributed by atoms with Gasteiger partial charge in [0.2, 0.25) is 0 Å². The first-order valence-electron chi connectivity index (χ1n) is 6.21. The normalized spacial score (nSPS) is 17.1. The molecule has 0 aromatic heterocycles. The van der Waals surface area contributed by atoms with Gasteiger partial charge < -0.3 is 14.9 Å². The molecule has 0 amide bonds. The maximum absolute atomic E-state index is 14.0. The number of aliphatic carboxylic acids is 1. The zero-order valence-electron chi connectivity index (χ0n) is 10.8. The van der Waals surface area contributed by atoms with Crippen molar-refractivity contribution in [2.75, 3.05) is 38.1 Å². The van der Waals surface area contributed by atoms with Gasteiger partial charge in [0.25, 0.3) is 0 Å². The van der Waals surface area contributed by atoms with Gasteiger partial charge in [-0.15, -0.1) is 0 Å². The zero-order chi connectivity index (χ0) is 13.8. The van der Waals surface area contributed by atoms with E-state index in [9.17, 15) is 9.18 Å². The molecular formula is C14H17FN2O2. The van der Waals surface area contributed by atoms with Gasteiger partial charge >= 0.3 is 5.97 Å². The maximum atomic E-state index is 14.0. The van der Waals surface area contributed by atoms with Crippen molar-refractivity contribution in [3.05, 3.63) is 35.7 Å². The number of piperazine rings is 1. The highest BCUT2D eigenvalue weighted by molar-refractivity contribution is 5.87. The van der Waals surface area contributed by atoms with Gasteiger partial charge in [-0.3, -0.25) is 0 Å². The van der Waals surface area contributed by atoms with Crippen LogP contribution in [0.5, 0.6) is 0 Å². The molecule has 0 unspecified atom stereocenters. The second-order valence-corrected chi connectivity index (χ2v) is 4.64. The fourth-order valence-electron chi connectivity index (χ4n) is 2.19. The third-order valence-corrected chi connectivity index (χ3v) is 3.24. The summed E-state index contributed by atoms with van der Waals surface area (Å²) in [5, 5.41) is 8.68. The highest BCUT2D eigenvalue weighted by atomic mass is 19.1. The van der Waals surface area contributed by atoms with Crippen LogP contribution in [0.1, 0.15) is 5.56 Å². The lowest BCUT2D eigenvalue weighted by molar-refractivity contribution is -0.131. The molecule has 1 aromatic rings. The summed E-state index contributed by atoms with van der Waals surface area (Å²) in [6.07, 6.45) is 2.48. The van der Waals surface area contributed by atoms with Crippen LogP contribution in [-0.4, -0.2) is 49.2 Å². The molecule has 4 nitrogen and oxygen atoms in total. The molecule has 102 valence electrons. The zero-order valence-corrected chi connectivity index (χ0v) is 10.8. The monoisotopic (exact) mass is 264 g/mol. The molecule has 1 fully saturated rings. The molecule has 1 aliphatic rings. The van der Waals surface area contributed by atoms with Crippen molar-refractivity contribution < 1.29 is 14.3 Å². The Morgan fingerprint density at radius 3 is 2.63 bits per heavy atom. The summed E-state index contributed by atoms with van der Waals surface area (Å²) in [5.41, 5.74) is 1.10. The Labute approximate surface area is 111 Å². The van der Waals surface area contributed by atoms with E-state index in [1.165, 1.54) is 12.1 Å². The van der Waals surface area contributed by atoms with Crippen molar-refractivity contribution in [2.24, 2.45) is 0 Å². The number of halogens is 1. The molecule has 0 atom stereocenters. The average molecular weight is 264 g/mol. The van der Waals surface area contributed by atoms with E-state index in [-0.39, 0.29) is 5.82 Å². The molecule has 0 saturated carbocycles. The molecule has 1 aliphatic heterocycles. The minimum Gasteiger partial charge on any atom is -0.478 e. The van der Waals surface area contributed by atoms with Gasteiger partial charge in [0, 0.05) is 37.8 Å². The Hall–Kier alpha value is -1.88. The second-order valence-electron chi connectivity index (χ2n) is 4.64. The van der Waals surface area contributed by atoms with Crippen LogP contribution in [0.25, 0.3) is 6.08 Å². The molecule has 1 aromatic carbocycles. The SMILES string of the molecule is CN1CCN(c2c(F)cccc2/C=C/C(=O)O)CC1. The van der Waals surface area contributed by atoms with Crippen LogP contribution in [0.2, 0.25) is 0 Å². The topological polar surface area (TPSA) is 43.8 Å². The minimum atomic E-state index is -1.03. The largest absolute Gasteiger partial charge is 0.478 e. The van der Waals surface area contributed by atoms with Crippen LogP contribution in [0.3, 0.4) is 0 Å². The number of carbonyl (C=O) groups is 1. The summed E-state index contributed by atoms with van der Waals surface area (Å²) >= 11 is 0. The van der Waals surface area contributed by atoms with Gasteiger partial charge in [0.15, 0.2) is 0 Å². The molecule has 1 heterocycles. The molecule has 0 bridgehead atoms. The lowest BCUT2D eigenvalue weighted by Gasteiger charge is -2.35. The highest BCUT2D eigenvalue weighted by Gasteiger charge is 2.19. The fraction of sp³-hybridized carbons (Fsp3) is 0.357. The van der Waals surface area contributed by atoms with Crippen LogP contribution in [0.4, 0.5) is 10.1 Å². The van der Waals surface area contributed by atoms with Crippen LogP contribution in [0.15, 0.2) is 24.3 Å². The van der Waals surface area contributed by atoms with E-state index in [1.807, 2.05) is 11.9 Å². The molecule has 1 N–H and O–H groups in total. The van der Waals surface area contributed by atoms with Gasteiger partial charge in [0.1, 0.15) is 5.82 Å². The standard InChI is InChI=1S/C14H17FN2O2/c1-16-7-9-17(10-8-16)14-11(5-6-13(18)19)3-2-4-12(14)15/h2-6H,7-10H2,1H3,(H,18,19)/b6-5+. The molecule has 0 radical (unpaired) electrons. The second kappa shape index (κ2) is 5.84.